The Kier molecular flexibility index (Phi) is 10.5. The van der Waals surface area contributed by atoms with E-state index in [-0.39, 0.29) is 17.5 Å². The lowest BCUT2D eigenvalue weighted by molar-refractivity contribution is -0.116. The van der Waals surface area contributed by atoms with Crippen molar-refractivity contribution < 1.29 is 14.4 Å². The molecule has 220 valence electrons. The second kappa shape index (κ2) is 14.9. The van der Waals surface area contributed by atoms with E-state index in [0.717, 1.165) is 15.3 Å². The molecule has 5 aromatic rings. The quantitative estimate of drug-likeness (QED) is 0.103. The average Bonchev–Trinajstić information content (AvgIpc) is 3.54. The minimum atomic E-state index is -0.581. The SMILES string of the molecule is O=C(Nc1ccc(SC(C(=O)Nc2cc(Cl)cc(Cl)c2)c2ccccc2)cc1)/C(=C/c1cccs1)NC(=O)c1ccccc1. The van der Waals surface area contributed by atoms with E-state index < -0.39 is 11.2 Å². The van der Waals surface area contributed by atoms with Gasteiger partial charge in [0.2, 0.25) is 5.91 Å². The lowest BCUT2D eigenvalue weighted by atomic mass is 10.1. The van der Waals surface area contributed by atoms with Crippen LogP contribution in [0.5, 0.6) is 0 Å². The Hall–Kier alpha value is -4.34. The van der Waals surface area contributed by atoms with Crippen LogP contribution < -0.4 is 16.0 Å². The molecule has 0 aliphatic heterocycles. The normalized spacial score (nSPS) is 11.8. The Bertz CT molecular complexity index is 1760. The van der Waals surface area contributed by atoms with E-state index >= 15 is 0 Å². The van der Waals surface area contributed by atoms with E-state index in [1.807, 2.05) is 66.0 Å². The molecule has 6 nitrogen and oxygen atoms in total. The Morgan fingerprint density at radius 3 is 2.02 bits per heavy atom. The fourth-order valence-electron chi connectivity index (χ4n) is 4.14. The average molecular weight is 659 g/mol. The lowest BCUT2D eigenvalue weighted by Crippen LogP contribution is -2.30. The Labute approximate surface area is 273 Å². The third-order valence-corrected chi connectivity index (χ3v) is 8.72. The van der Waals surface area contributed by atoms with Gasteiger partial charge in [-0.15, -0.1) is 23.1 Å². The van der Waals surface area contributed by atoms with Crippen LogP contribution in [0.3, 0.4) is 0 Å². The fraction of sp³-hybridized carbons (Fsp3) is 0.0294. The molecule has 4 aromatic carbocycles. The zero-order chi connectivity index (χ0) is 30.9. The summed E-state index contributed by atoms with van der Waals surface area (Å²) in [5.41, 5.74) is 2.39. The molecule has 0 spiro atoms. The van der Waals surface area contributed by atoms with Gasteiger partial charge >= 0.3 is 0 Å². The van der Waals surface area contributed by atoms with Crippen molar-refractivity contribution in [2.24, 2.45) is 0 Å². The summed E-state index contributed by atoms with van der Waals surface area (Å²) in [5, 5.41) is 10.7. The van der Waals surface area contributed by atoms with Crippen LogP contribution in [-0.4, -0.2) is 17.7 Å². The van der Waals surface area contributed by atoms with Crippen molar-refractivity contribution >= 4 is 81.5 Å². The van der Waals surface area contributed by atoms with E-state index in [9.17, 15) is 14.4 Å². The minimum absolute atomic E-state index is 0.113. The number of halogens is 2. The molecule has 0 saturated heterocycles. The Balaban J connectivity index is 1.31. The molecule has 10 heteroatoms. The van der Waals surface area contributed by atoms with Crippen LogP contribution in [0.25, 0.3) is 6.08 Å². The van der Waals surface area contributed by atoms with Crippen LogP contribution in [0.15, 0.2) is 131 Å². The summed E-state index contributed by atoms with van der Waals surface area (Å²) in [6.45, 7) is 0. The van der Waals surface area contributed by atoms with Crippen molar-refractivity contribution in [1.82, 2.24) is 5.32 Å². The molecule has 0 aliphatic rings. The smallest absolute Gasteiger partial charge is 0.272 e. The van der Waals surface area contributed by atoms with Gasteiger partial charge in [0.1, 0.15) is 10.9 Å². The number of thiophene rings is 1. The highest BCUT2D eigenvalue weighted by atomic mass is 35.5. The fourth-order valence-corrected chi connectivity index (χ4v) is 6.35. The van der Waals surface area contributed by atoms with Crippen molar-refractivity contribution in [3.63, 3.8) is 0 Å². The summed E-state index contributed by atoms with van der Waals surface area (Å²) in [7, 11) is 0. The molecule has 3 amide bonds. The summed E-state index contributed by atoms with van der Waals surface area (Å²) < 4.78 is 0. The number of carbonyl (C=O) groups excluding carboxylic acids is 3. The van der Waals surface area contributed by atoms with E-state index in [2.05, 4.69) is 16.0 Å². The van der Waals surface area contributed by atoms with Gasteiger partial charge in [0, 0.05) is 36.8 Å². The third-order valence-electron chi connectivity index (χ3n) is 6.20. The summed E-state index contributed by atoms with van der Waals surface area (Å²) in [6.07, 6.45) is 1.64. The number of hydrogen-bond acceptors (Lipinski definition) is 5. The minimum Gasteiger partial charge on any atom is -0.325 e. The van der Waals surface area contributed by atoms with Gasteiger partial charge in [0.15, 0.2) is 0 Å². The van der Waals surface area contributed by atoms with Crippen LogP contribution in [0.1, 0.15) is 26.0 Å². The number of amides is 3. The summed E-state index contributed by atoms with van der Waals surface area (Å²) in [4.78, 5) is 41.2. The summed E-state index contributed by atoms with van der Waals surface area (Å²) >= 11 is 15.1. The zero-order valence-electron chi connectivity index (χ0n) is 23.0. The van der Waals surface area contributed by atoms with Crippen molar-refractivity contribution in [2.75, 3.05) is 10.6 Å². The summed E-state index contributed by atoms with van der Waals surface area (Å²) in [6, 6.07) is 33.9. The van der Waals surface area contributed by atoms with Crippen LogP contribution in [0.4, 0.5) is 11.4 Å². The molecule has 0 fully saturated rings. The van der Waals surface area contributed by atoms with Crippen molar-refractivity contribution in [2.45, 2.75) is 10.1 Å². The molecule has 5 rings (SSSR count). The van der Waals surface area contributed by atoms with Gasteiger partial charge in [0.25, 0.3) is 11.8 Å². The molecule has 1 heterocycles. The maximum atomic E-state index is 13.4. The maximum Gasteiger partial charge on any atom is 0.272 e. The zero-order valence-corrected chi connectivity index (χ0v) is 26.1. The standard InChI is InChI=1S/C34H25Cl2N3O3S2/c35-24-18-25(36)20-27(19-24)38-34(42)31(22-8-3-1-4-9-22)44-28-15-13-26(14-16-28)37-33(41)30(21-29-12-7-17-43-29)39-32(40)23-10-5-2-6-11-23/h1-21,31H,(H,37,41)(H,38,42)(H,39,40)/b30-21-. The third kappa shape index (κ3) is 8.61. The molecule has 3 N–H and O–H groups in total. The van der Waals surface area contributed by atoms with Crippen molar-refractivity contribution in [3.8, 4) is 0 Å². The second-order valence-corrected chi connectivity index (χ2v) is 12.5. The van der Waals surface area contributed by atoms with Crippen molar-refractivity contribution in [3.05, 3.63) is 152 Å². The monoisotopic (exact) mass is 657 g/mol. The second-order valence-electron chi connectivity index (χ2n) is 9.43. The molecule has 0 radical (unpaired) electrons. The first-order chi connectivity index (χ1) is 21.3. The van der Waals surface area contributed by atoms with Gasteiger partial charge in [0.05, 0.1) is 0 Å². The van der Waals surface area contributed by atoms with Crippen LogP contribution in [-0.2, 0) is 9.59 Å². The first kappa shape index (κ1) is 31.1. The van der Waals surface area contributed by atoms with Crippen LogP contribution in [0.2, 0.25) is 10.0 Å². The lowest BCUT2D eigenvalue weighted by Gasteiger charge is -2.18. The largest absolute Gasteiger partial charge is 0.325 e. The van der Waals surface area contributed by atoms with Gasteiger partial charge in [-0.05, 0) is 77.7 Å². The predicted octanol–water partition coefficient (Wildman–Crippen LogP) is 8.94. The summed E-state index contributed by atoms with van der Waals surface area (Å²) in [5.74, 6) is -1.10. The number of nitrogens with one attached hydrogen (secondary N) is 3. The molecule has 1 atom stereocenters. The highest BCUT2D eigenvalue weighted by Gasteiger charge is 2.23. The van der Waals surface area contributed by atoms with E-state index in [1.165, 1.54) is 23.1 Å². The number of thioether (sulfide) groups is 1. The topological polar surface area (TPSA) is 87.3 Å². The molecular formula is C34H25Cl2N3O3S2. The van der Waals surface area contributed by atoms with Gasteiger partial charge < -0.3 is 16.0 Å². The van der Waals surface area contributed by atoms with Crippen LogP contribution in [0, 0.1) is 0 Å². The molecule has 1 aromatic heterocycles. The van der Waals surface area contributed by atoms with Crippen LogP contribution >= 0.6 is 46.3 Å². The van der Waals surface area contributed by atoms with E-state index in [4.69, 9.17) is 23.2 Å². The molecule has 0 bridgehead atoms. The molecule has 0 aliphatic carbocycles. The Morgan fingerprint density at radius 2 is 1.39 bits per heavy atom. The first-order valence-electron chi connectivity index (χ1n) is 13.4. The number of anilines is 2. The van der Waals surface area contributed by atoms with Crippen molar-refractivity contribution in [1.29, 1.82) is 0 Å². The van der Waals surface area contributed by atoms with E-state index in [0.29, 0.717) is 27.0 Å². The highest BCUT2D eigenvalue weighted by Crippen LogP contribution is 2.37. The number of benzene rings is 4. The van der Waals surface area contributed by atoms with Gasteiger partial charge in [-0.2, -0.15) is 0 Å². The van der Waals surface area contributed by atoms with Gasteiger partial charge in [-0.3, -0.25) is 14.4 Å². The Morgan fingerprint density at radius 1 is 0.727 bits per heavy atom. The van der Waals surface area contributed by atoms with Gasteiger partial charge in [-0.1, -0.05) is 77.8 Å². The maximum absolute atomic E-state index is 13.4. The molecule has 1 unspecified atom stereocenters. The van der Waals surface area contributed by atoms with E-state index in [1.54, 1.807) is 60.7 Å². The number of hydrogen-bond donors (Lipinski definition) is 3. The molecule has 0 saturated carbocycles. The highest BCUT2D eigenvalue weighted by molar-refractivity contribution is 8.00. The first-order valence-corrected chi connectivity index (χ1v) is 15.9. The molecule has 44 heavy (non-hydrogen) atoms. The number of rotatable bonds is 10. The molecular weight excluding hydrogens is 633 g/mol. The number of carbonyl (C=O) groups is 3. The predicted molar refractivity (Wildman–Crippen MR) is 181 cm³/mol. The van der Waals surface area contributed by atoms with Gasteiger partial charge in [-0.25, -0.2) is 0 Å².